The maximum absolute atomic E-state index is 11.1. The lowest BCUT2D eigenvalue weighted by molar-refractivity contribution is 0.414. The van der Waals surface area contributed by atoms with Crippen molar-refractivity contribution >= 4 is 27.4 Å². The van der Waals surface area contributed by atoms with Gasteiger partial charge in [-0.2, -0.15) is 0 Å². The molecule has 0 unspecified atom stereocenters. The lowest BCUT2D eigenvalue weighted by atomic mass is 10.1. The van der Waals surface area contributed by atoms with E-state index >= 15 is 0 Å². The first-order valence-corrected chi connectivity index (χ1v) is 9.82. The van der Waals surface area contributed by atoms with Crippen molar-refractivity contribution in [1.29, 1.82) is 0 Å². The van der Waals surface area contributed by atoms with Crippen LogP contribution in [-0.4, -0.2) is 53.1 Å². The zero-order valence-corrected chi connectivity index (χ0v) is 15.3. The average Bonchev–Trinajstić information content (AvgIpc) is 2.47. The quantitative estimate of drug-likeness (QED) is 0.541. The van der Waals surface area contributed by atoms with Gasteiger partial charge in [0.05, 0.1) is 19.4 Å². The van der Waals surface area contributed by atoms with Gasteiger partial charge in [-0.1, -0.05) is 17.7 Å². The van der Waals surface area contributed by atoms with Gasteiger partial charge in [-0.05, 0) is 31.0 Å². The molecule has 0 radical (unpaired) electrons. The van der Waals surface area contributed by atoms with Crippen LogP contribution < -0.4 is 15.4 Å². The number of hydrogen-bond acceptors (Lipinski definition) is 4. The van der Waals surface area contributed by atoms with E-state index in [0.29, 0.717) is 24.1 Å². The Morgan fingerprint density at radius 2 is 2.09 bits per heavy atom. The van der Waals surface area contributed by atoms with Crippen molar-refractivity contribution in [2.75, 3.05) is 38.8 Å². The lowest BCUT2D eigenvalue weighted by Crippen LogP contribution is -2.38. The van der Waals surface area contributed by atoms with Gasteiger partial charge in [0.2, 0.25) is 0 Å². The number of nitrogens with zero attached hydrogens (tertiary/aromatic N) is 1. The Morgan fingerprint density at radius 3 is 2.65 bits per heavy atom. The SMILES string of the molecule is CCNC(=NCCS(C)(=O)=O)NCCc1ccc(OC)cc1Cl. The maximum Gasteiger partial charge on any atom is 0.191 e. The van der Waals surface area contributed by atoms with Gasteiger partial charge in [0.1, 0.15) is 15.6 Å². The minimum Gasteiger partial charge on any atom is -0.497 e. The molecule has 1 aromatic rings. The molecule has 0 fully saturated rings. The summed E-state index contributed by atoms with van der Waals surface area (Å²) in [5, 5.41) is 6.90. The van der Waals surface area contributed by atoms with Gasteiger partial charge < -0.3 is 15.4 Å². The maximum atomic E-state index is 11.1. The predicted molar refractivity (Wildman–Crippen MR) is 95.4 cm³/mol. The Morgan fingerprint density at radius 1 is 1.35 bits per heavy atom. The normalized spacial score (nSPS) is 12.1. The molecule has 6 nitrogen and oxygen atoms in total. The van der Waals surface area contributed by atoms with Gasteiger partial charge in [0.15, 0.2) is 5.96 Å². The van der Waals surface area contributed by atoms with E-state index < -0.39 is 9.84 Å². The van der Waals surface area contributed by atoms with Crippen LogP contribution in [0.4, 0.5) is 0 Å². The van der Waals surface area contributed by atoms with Gasteiger partial charge in [-0.15, -0.1) is 0 Å². The van der Waals surface area contributed by atoms with Gasteiger partial charge in [0.25, 0.3) is 0 Å². The number of sulfone groups is 1. The molecular formula is C15H24ClN3O3S. The molecule has 0 heterocycles. The molecule has 1 rings (SSSR count). The topological polar surface area (TPSA) is 79.8 Å². The first-order valence-electron chi connectivity index (χ1n) is 7.38. The molecule has 0 atom stereocenters. The third-order valence-electron chi connectivity index (χ3n) is 3.02. The summed E-state index contributed by atoms with van der Waals surface area (Å²) in [6.45, 7) is 3.52. The van der Waals surface area contributed by atoms with E-state index in [0.717, 1.165) is 17.7 Å². The van der Waals surface area contributed by atoms with Crippen molar-refractivity contribution in [2.45, 2.75) is 13.3 Å². The number of methoxy groups -OCH3 is 1. The molecule has 0 saturated heterocycles. The highest BCUT2D eigenvalue weighted by Gasteiger charge is 2.04. The fourth-order valence-corrected chi connectivity index (χ4v) is 2.53. The van der Waals surface area contributed by atoms with Crippen LogP contribution in [0.1, 0.15) is 12.5 Å². The summed E-state index contributed by atoms with van der Waals surface area (Å²) >= 11 is 6.20. The molecule has 1 aromatic carbocycles. The monoisotopic (exact) mass is 361 g/mol. The molecule has 0 amide bonds. The van der Waals surface area contributed by atoms with E-state index in [1.54, 1.807) is 13.2 Å². The third kappa shape index (κ3) is 8.08. The first-order chi connectivity index (χ1) is 10.9. The number of halogens is 1. The highest BCUT2D eigenvalue weighted by molar-refractivity contribution is 7.90. The fraction of sp³-hybridized carbons (Fsp3) is 0.533. The summed E-state index contributed by atoms with van der Waals surface area (Å²) in [6.07, 6.45) is 1.92. The minimum absolute atomic E-state index is 0.0356. The Hall–Kier alpha value is -1.47. The standard InChI is InChI=1S/C15H24ClN3O3S/c1-4-17-15(19-9-10-23(3,20)21)18-8-7-12-5-6-13(22-2)11-14(12)16/h5-6,11H,4,7-10H2,1-3H3,(H2,17,18,19). The molecule has 0 bridgehead atoms. The van der Waals surface area contributed by atoms with Crippen LogP contribution in [-0.2, 0) is 16.3 Å². The van der Waals surface area contributed by atoms with Crippen LogP contribution >= 0.6 is 11.6 Å². The van der Waals surface area contributed by atoms with E-state index in [1.807, 2.05) is 19.1 Å². The summed E-state index contributed by atoms with van der Waals surface area (Å²) in [5.74, 6) is 1.36. The van der Waals surface area contributed by atoms with E-state index in [1.165, 1.54) is 6.26 Å². The minimum atomic E-state index is -3.00. The molecule has 0 aliphatic heterocycles. The van der Waals surface area contributed by atoms with Crippen LogP contribution in [0.5, 0.6) is 5.75 Å². The van der Waals surface area contributed by atoms with Crippen LogP contribution in [0.3, 0.4) is 0 Å². The van der Waals surface area contributed by atoms with E-state index in [9.17, 15) is 8.42 Å². The molecule has 130 valence electrons. The second-order valence-electron chi connectivity index (χ2n) is 5.02. The van der Waals surface area contributed by atoms with Gasteiger partial charge >= 0.3 is 0 Å². The summed E-state index contributed by atoms with van der Waals surface area (Å²) in [5.41, 5.74) is 1.01. The van der Waals surface area contributed by atoms with E-state index in [-0.39, 0.29) is 12.3 Å². The number of aliphatic imine (C=N–C) groups is 1. The third-order valence-corrected chi connectivity index (χ3v) is 4.30. The number of guanidine groups is 1. The zero-order chi connectivity index (χ0) is 17.3. The van der Waals surface area contributed by atoms with Gasteiger partial charge in [-0.3, -0.25) is 4.99 Å². The number of ether oxygens (including phenoxy) is 1. The average molecular weight is 362 g/mol. The van der Waals surface area contributed by atoms with E-state index in [2.05, 4.69) is 15.6 Å². The lowest BCUT2D eigenvalue weighted by Gasteiger charge is -2.12. The number of rotatable bonds is 8. The molecule has 0 aromatic heterocycles. The molecular weight excluding hydrogens is 338 g/mol. The Labute approximate surface area is 143 Å². The van der Waals surface area contributed by atoms with Crippen molar-refractivity contribution in [3.05, 3.63) is 28.8 Å². The van der Waals surface area contributed by atoms with Crippen LogP contribution in [0, 0.1) is 0 Å². The van der Waals surface area contributed by atoms with E-state index in [4.69, 9.17) is 16.3 Å². The summed E-state index contributed by atoms with van der Waals surface area (Å²) in [6, 6.07) is 5.57. The summed E-state index contributed by atoms with van der Waals surface area (Å²) < 4.78 is 27.4. The molecule has 0 aliphatic rings. The van der Waals surface area contributed by atoms with Gasteiger partial charge in [-0.25, -0.2) is 8.42 Å². The summed E-state index contributed by atoms with van der Waals surface area (Å²) in [7, 11) is -1.40. The second-order valence-corrected chi connectivity index (χ2v) is 7.69. The molecule has 0 saturated carbocycles. The Kier molecular flexibility index (Phi) is 8.19. The highest BCUT2D eigenvalue weighted by atomic mass is 35.5. The number of benzene rings is 1. The zero-order valence-electron chi connectivity index (χ0n) is 13.7. The largest absolute Gasteiger partial charge is 0.497 e. The Bertz CT molecular complexity index is 633. The molecule has 0 spiro atoms. The highest BCUT2D eigenvalue weighted by Crippen LogP contribution is 2.22. The van der Waals surface area contributed by atoms with Crippen molar-refractivity contribution in [1.82, 2.24) is 10.6 Å². The van der Waals surface area contributed by atoms with Crippen molar-refractivity contribution < 1.29 is 13.2 Å². The van der Waals surface area contributed by atoms with Crippen molar-refractivity contribution in [2.24, 2.45) is 4.99 Å². The molecule has 8 heteroatoms. The first kappa shape index (κ1) is 19.6. The van der Waals surface area contributed by atoms with Crippen molar-refractivity contribution in [3.63, 3.8) is 0 Å². The smallest absolute Gasteiger partial charge is 0.191 e. The predicted octanol–water partition coefficient (Wildman–Crippen LogP) is 1.49. The summed E-state index contributed by atoms with van der Waals surface area (Å²) in [4.78, 5) is 4.24. The number of hydrogen-bond donors (Lipinski definition) is 2. The molecule has 0 aliphatic carbocycles. The second kappa shape index (κ2) is 9.62. The molecule has 23 heavy (non-hydrogen) atoms. The van der Waals surface area contributed by atoms with Gasteiger partial charge in [0, 0.05) is 24.4 Å². The number of nitrogens with one attached hydrogen (secondary N) is 2. The van der Waals surface area contributed by atoms with Crippen LogP contribution in [0.25, 0.3) is 0 Å². The van der Waals surface area contributed by atoms with Crippen LogP contribution in [0.2, 0.25) is 5.02 Å². The fourth-order valence-electron chi connectivity index (χ4n) is 1.84. The van der Waals surface area contributed by atoms with Crippen molar-refractivity contribution in [3.8, 4) is 5.75 Å². The molecule has 2 N–H and O–H groups in total. The van der Waals surface area contributed by atoms with Crippen LogP contribution in [0.15, 0.2) is 23.2 Å². The Balaban J connectivity index is 2.53.